The fraction of sp³-hybridized carbons (Fsp3) is 0.500. The van der Waals surface area contributed by atoms with Gasteiger partial charge in [-0.2, -0.15) is 0 Å². The predicted molar refractivity (Wildman–Crippen MR) is 166 cm³/mol. The Morgan fingerprint density at radius 3 is 2.19 bits per heavy atom. The Hall–Kier alpha value is -2.88. The van der Waals surface area contributed by atoms with Gasteiger partial charge in [0.05, 0.1) is 23.3 Å². The van der Waals surface area contributed by atoms with Gasteiger partial charge in [0.15, 0.2) is 5.78 Å². The van der Waals surface area contributed by atoms with Crippen molar-refractivity contribution in [3.05, 3.63) is 54.1 Å². The van der Waals surface area contributed by atoms with E-state index in [0.29, 0.717) is 16.9 Å². The molecule has 10 heteroatoms. The number of carbonyl (C=O) groups is 4. The zero-order valence-electron chi connectivity index (χ0n) is 25.7. The van der Waals surface area contributed by atoms with Crippen LogP contribution in [0.1, 0.15) is 72.3 Å². The number of benzene rings is 2. The summed E-state index contributed by atoms with van der Waals surface area (Å²) in [6, 6.07) is 13.1. The van der Waals surface area contributed by atoms with Crippen LogP contribution in [-0.2, 0) is 19.8 Å². The number of nitrogens with one attached hydrogen (secondary N) is 2. The van der Waals surface area contributed by atoms with Crippen molar-refractivity contribution >= 4 is 70.3 Å². The molecule has 1 saturated carbocycles. The Balaban J connectivity index is 0.00000484. The Bertz CT molecular complexity index is 1320. The number of Topliss-reactive ketones (excluding diaryl/α,β-unsaturated/α-hetero) is 1. The molecule has 1 radical (unpaired) electrons. The number of aliphatic carboxylic acids is 1. The van der Waals surface area contributed by atoms with Gasteiger partial charge >= 0.3 is 12.0 Å². The van der Waals surface area contributed by atoms with E-state index in [-0.39, 0.29) is 60.4 Å². The Morgan fingerprint density at radius 1 is 0.929 bits per heavy atom. The second-order valence-electron chi connectivity index (χ2n) is 12.7. The Labute approximate surface area is 270 Å². The number of hydrogen-bond acceptors (Lipinski definition) is 5. The second-order valence-corrected chi connectivity index (χ2v) is 12.7. The van der Waals surface area contributed by atoms with Gasteiger partial charge in [0.25, 0.3) is 5.91 Å². The van der Waals surface area contributed by atoms with Crippen molar-refractivity contribution in [1.82, 2.24) is 5.32 Å². The number of rotatable bonds is 7. The largest absolute Gasteiger partial charge is 0.481 e. The number of carboxylic acids is 1. The number of urea groups is 1. The van der Waals surface area contributed by atoms with Gasteiger partial charge in [0.2, 0.25) is 0 Å². The van der Waals surface area contributed by atoms with Crippen molar-refractivity contribution in [3.63, 3.8) is 0 Å². The first-order valence-corrected chi connectivity index (χ1v) is 14.4. The molecule has 221 valence electrons. The molecule has 1 fully saturated rings. The molecule has 1 atom stereocenters. The summed E-state index contributed by atoms with van der Waals surface area (Å²) in [7, 11) is 0. The van der Waals surface area contributed by atoms with Crippen LogP contribution in [0, 0.1) is 5.41 Å². The number of nitrogens with zero attached hydrogens (tertiary/aromatic N) is 2. The van der Waals surface area contributed by atoms with Crippen molar-refractivity contribution in [2.75, 3.05) is 28.2 Å². The standard InChI is InChI=1S/C32H42N4O5.Na/c1-31(2,3)27(37)20-36-26-17-10-9-16-25(26)35(23-14-7-6-8-15-23)19-24(28(36)38)34-30(41)33-22-13-11-12-21(18-22)32(4,5)29(39)40;/h9-13,16-18,23-24H,6-8,14-15,19-20H2,1-5H3,(H,39,40)(H2,33,34,41);/t24-;/m1./s1. The molecule has 0 saturated heterocycles. The first-order chi connectivity index (χ1) is 19.3. The van der Waals surface area contributed by atoms with Crippen molar-refractivity contribution in [2.45, 2.75) is 84.2 Å². The summed E-state index contributed by atoms with van der Waals surface area (Å²) < 4.78 is 0. The first-order valence-electron chi connectivity index (χ1n) is 14.4. The summed E-state index contributed by atoms with van der Waals surface area (Å²) in [5.41, 5.74) is 0.746. The number of hydrogen-bond donors (Lipinski definition) is 3. The van der Waals surface area contributed by atoms with E-state index < -0.39 is 28.9 Å². The van der Waals surface area contributed by atoms with Gasteiger partial charge in [-0.05, 0) is 56.5 Å². The van der Waals surface area contributed by atoms with Crippen LogP contribution in [0.5, 0.6) is 0 Å². The minimum absolute atomic E-state index is 0. The zero-order chi connectivity index (χ0) is 29.9. The number of ketones is 1. The average molecular weight is 586 g/mol. The number of carboxylic acid groups (broad SMARTS) is 1. The van der Waals surface area contributed by atoms with E-state index in [9.17, 15) is 24.3 Å². The molecule has 0 unspecified atom stereocenters. The van der Waals surface area contributed by atoms with Crippen LogP contribution in [0.2, 0.25) is 0 Å². The fourth-order valence-corrected chi connectivity index (χ4v) is 5.44. The van der Waals surface area contributed by atoms with Gasteiger partial charge in [-0.25, -0.2) is 4.79 Å². The molecule has 0 bridgehead atoms. The average Bonchev–Trinajstić information content (AvgIpc) is 3.03. The Kier molecular flexibility index (Phi) is 10.9. The van der Waals surface area contributed by atoms with Gasteiger partial charge in [-0.3, -0.25) is 14.4 Å². The van der Waals surface area contributed by atoms with Gasteiger partial charge < -0.3 is 25.5 Å². The van der Waals surface area contributed by atoms with Crippen LogP contribution in [0.15, 0.2) is 48.5 Å². The summed E-state index contributed by atoms with van der Waals surface area (Å²) in [4.78, 5) is 56.0. The van der Waals surface area contributed by atoms with Crippen LogP contribution in [-0.4, -0.2) is 83.5 Å². The maximum atomic E-state index is 14.1. The normalized spacial score (nSPS) is 17.9. The smallest absolute Gasteiger partial charge is 0.319 e. The van der Waals surface area contributed by atoms with Crippen molar-refractivity contribution < 1.29 is 24.3 Å². The van der Waals surface area contributed by atoms with Gasteiger partial charge in [-0.1, -0.05) is 64.3 Å². The van der Waals surface area contributed by atoms with Gasteiger partial charge in [-0.15, -0.1) is 0 Å². The topological polar surface area (TPSA) is 119 Å². The van der Waals surface area contributed by atoms with E-state index >= 15 is 0 Å². The van der Waals surface area contributed by atoms with E-state index in [1.807, 2.05) is 45.0 Å². The van der Waals surface area contributed by atoms with Crippen LogP contribution in [0.3, 0.4) is 0 Å². The minimum atomic E-state index is -1.14. The van der Waals surface area contributed by atoms with E-state index in [1.165, 1.54) is 11.3 Å². The van der Waals surface area contributed by atoms with Crippen LogP contribution in [0.25, 0.3) is 0 Å². The molecule has 1 aliphatic carbocycles. The van der Waals surface area contributed by atoms with Crippen molar-refractivity contribution in [2.24, 2.45) is 5.41 Å². The number of anilines is 3. The third-order valence-electron chi connectivity index (χ3n) is 8.26. The molecule has 42 heavy (non-hydrogen) atoms. The van der Waals surface area contributed by atoms with Crippen LogP contribution < -0.4 is 20.4 Å². The third kappa shape index (κ3) is 7.54. The van der Waals surface area contributed by atoms with Gasteiger partial charge in [0, 0.05) is 53.2 Å². The quantitative estimate of drug-likeness (QED) is 0.396. The summed E-state index contributed by atoms with van der Waals surface area (Å²) in [5.74, 6) is -1.40. The van der Waals surface area contributed by atoms with Crippen LogP contribution >= 0.6 is 0 Å². The number of fused-ring (bicyclic) bond motifs is 1. The number of amides is 3. The monoisotopic (exact) mass is 585 g/mol. The first kappa shape index (κ1) is 33.6. The SMILES string of the molecule is CC(C)(C)C(=O)CN1C(=O)[C@H](NC(=O)Nc2cccc(C(C)(C)C(=O)O)c2)CN(C2CCCCC2)c2ccccc21.[Na]. The molecule has 3 amide bonds. The molecular weight excluding hydrogens is 543 g/mol. The maximum absolute atomic E-state index is 14.1. The number of para-hydroxylation sites is 2. The fourth-order valence-electron chi connectivity index (χ4n) is 5.44. The minimum Gasteiger partial charge on any atom is -0.481 e. The summed E-state index contributed by atoms with van der Waals surface area (Å²) in [5, 5.41) is 15.3. The molecule has 0 spiro atoms. The van der Waals surface area contributed by atoms with E-state index in [1.54, 1.807) is 38.1 Å². The Morgan fingerprint density at radius 2 is 1.57 bits per heavy atom. The molecule has 1 aliphatic heterocycles. The molecule has 4 rings (SSSR count). The van der Waals surface area contributed by atoms with Crippen molar-refractivity contribution in [3.8, 4) is 0 Å². The second kappa shape index (κ2) is 13.6. The van der Waals surface area contributed by atoms with Gasteiger partial charge in [0.1, 0.15) is 6.04 Å². The number of carbonyl (C=O) groups excluding carboxylic acids is 3. The predicted octanol–water partition coefficient (Wildman–Crippen LogP) is 4.96. The van der Waals surface area contributed by atoms with E-state index in [4.69, 9.17) is 0 Å². The molecular formula is C32H42N4NaO5. The summed E-state index contributed by atoms with van der Waals surface area (Å²) in [6.07, 6.45) is 5.37. The van der Waals surface area contributed by atoms with E-state index in [0.717, 1.165) is 31.4 Å². The third-order valence-corrected chi connectivity index (χ3v) is 8.26. The molecule has 2 aliphatic rings. The molecule has 1 heterocycles. The van der Waals surface area contributed by atoms with Crippen LogP contribution in [0.4, 0.5) is 21.9 Å². The molecule has 2 aromatic rings. The zero-order valence-corrected chi connectivity index (χ0v) is 27.7. The molecule has 2 aromatic carbocycles. The molecule has 0 aromatic heterocycles. The summed E-state index contributed by atoms with van der Waals surface area (Å²) in [6.45, 7) is 8.89. The summed E-state index contributed by atoms with van der Waals surface area (Å²) >= 11 is 0. The van der Waals surface area contributed by atoms with E-state index in [2.05, 4.69) is 15.5 Å². The molecule has 3 N–H and O–H groups in total. The van der Waals surface area contributed by atoms with Crippen molar-refractivity contribution in [1.29, 1.82) is 0 Å². The maximum Gasteiger partial charge on any atom is 0.319 e. The molecule has 9 nitrogen and oxygen atoms in total.